The molecule has 1 aromatic rings. The van der Waals surface area contributed by atoms with Gasteiger partial charge in [-0.25, -0.2) is 9.78 Å². The molecule has 7 nitrogen and oxygen atoms in total. The Balaban J connectivity index is 1.61. The van der Waals surface area contributed by atoms with Crippen molar-refractivity contribution in [3.8, 4) is 0 Å². The van der Waals surface area contributed by atoms with E-state index in [0.29, 0.717) is 18.4 Å². The predicted molar refractivity (Wildman–Crippen MR) is 94.0 cm³/mol. The molecule has 1 saturated carbocycles. The van der Waals surface area contributed by atoms with Gasteiger partial charge in [0.25, 0.3) is 0 Å². The molecule has 1 aliphatic carbocycles. The van der Waals surface area contributed by atoms with Crippen molar-refractivity contribution in [3.05, 3.63) is 10.3 Å². The fourth-order valence-electron chi connectivity index (χ4n) is 2.77. The molecule has 24 heavy (non-hydrogen) atoms. The van der Waals surface area contributed by atoms with Gasteiger partial charge in [-0.15, -0.1) is 10.2 Å². The maximum atomic E-state index is 12.2. The Bertz CT molecular complexity index is 615. The molecule has 1 N–H and O–H groups in total. The van der Waals surface area contributed by atoms with E-state index in [-0.39, 0.29) is 12.1 Å². The molecule has 0 bridgehead atoms. The number of carbonyl (C=O) groups excluding carboxylic acids is 1. The van der Waals surface area contributed by atoms with Crippen LogP contribution in [0.5, 0.6) is 0 Å². The number of ether oxygens (including phenoxy) is 1. The van der Waals surface area contributed by atoms with E-state index in [9.17, 15) is 4.79 Å². The molecule has 2 aliphatic rings. The van der Waals surface area contributed by atoms with Crippen molar-refractivity contribution < 1.29 is 9.53 Å². The van der Waals surface area contributed by atoms with E-state index in [4.69, 9.17) is 4.74 Å². The van der Waals surface area contributed by atoms with Crippen LogP contribution in [-0.2, 0) is 4.74 Å². The molecule has 0 spiro atoms. The van der Waals surface area contributed by atoms with Gasteiger partial charge >= 0.3 is 6.09 Å². The molecule has 1 saturated heterocycles. The summed E-state index contributed by atoms with van der Waals surface area (Å²) in [4.78, 5) is 18.6. The summed E-state index contributed by atoms with van der Waals surface area (Å²) in [5.41, 5.74) is 0.502. The third-order valence-electron chi connectivity index (χ3n) is 4.04. The molecule has 1 unspecified atom stereocenters. The lowest BCUT2D eigenvalue weighted by molar-refractivity contribution is 0.0206. The second-order valence-corrected chi connectivity index (χ2v) is 8.25. The van der Waals surface area contributed by atoms with E-state index in [1.54, 1.807) is 4.90 Å². The Labute approximate surface area is 150 Å². The van der Waals surface area contributed by atoms with Crippen LogP contribution in [-0.4, -0.2) is 50.9 Å². The summed E-state index contributed by atoms with van der Waals surface area (Å²) >= 11 is 3.42. The number of aromatic nitrogens is 3. The SMILES string of the molecule is CC(C)(C)OC(=O)N1CCCC(Nc2nnc(Br)c(C3CC3)n2)C1. The number of rotatable bonds is 3. The van der Waals surface area contributed by atoms with Gasteiger partial charge < -0.3 is 15.0 Å². The van der Waals surface area contributed by atoms with Crippen LogP contribution in [0.4, 0.5) is 10.7 Å². The van der Waals surface area contributed by atoms with Crippen molar-refractivity contribution in [2.45, 2.75) is 64.0 Å². The topological polar surface area (TPSA) is 80.2 Å². The fourth-order valence-corrected chi connectivity index (χ4v) is 3.26. The second-order valence-electron chi connectivity index (χ2n) is 7.50. The summed E-state index contributed by atoms with van der Waals surface area (Å²) in [5, 5.41) is 11.6. The van der Waals surface area contributed by atoms with Crippen molar-refractivity contribution in [2.75, 3.05) is 18.4 Å². The third kappa shape index (κ3) is 4.55. The normalized spacial score (nSPS) is 21.5. The molecule has 1 aliphatic heterocycles. The number of halogens is 1. The van der Waals surface area contributed by atoms with Crippen molar-refractivity contribution in [1.29, 1.82) is 0 Å². The molecular formula is C16H24BrN5O2. The number of amides is 1. The van der Waals surface area contributed by atoms with Crippen LogP contribution in [0.1, 0.15) is 58.1 Å². The van der Waals surface area contributed by atoms with Crippen LogP contribution >= 0.6 is 15.9 Å². The first kappa shape index (κ1) is 17.4. The third-order valence-corrected chi connectivity index (χ3v) is 4.61. The Morgan fingerprint density at radius 3 is 2.71 bits per heavy atom. The maximum absolute atomic E-state index is 12.2. The average molecular weight is 398 g/mol. The van der Waals surface area contributed by atoms with E-state index in [1.165, 1.54) is 0 Å². The largest absolute Gasteiger partial charge is 0.444 e. The molecular weight excluding hydrogens is 374 g/mol. The summed E-state index contributed by atoms with van der Waals surface area (Å²) in [7, 11) is 0. The molecule has 1 amide bonds. The lowest BCUT2D eigenvalue weighted by atomic mass is 10.1. The first-order valence-corrected chi connectivity index (χ1v) is 9.26. The van der Waals surface area contributed by atoms with E-state index >= 15 is 0 Å². The zero-order valence-corrected chi connectivity index (χ0v) is 16.0. The van der Waals surface area contributed by atoms with Gasteiger partial charge in [0.15, 0.2) is 4.60 Å². The zero-order chi connectivity index (χ0) is 17.3. The van der Waals surface area contributed by atoms with Crippen molar-refractivity contribution in [1.82, 2.24) is 20.1 Å². The van der Waals surface area contributed by atoms with Crippen molar-refractivity contribution in [3.63, 3.8) is 0 Å². The Kier molecular flexibility index (Phi) is 4.94. The monoisotopic (exact) mass is 397 g/mol. The standard InChI is InChI=1S/C16H24BrN5O2/c1-16(2,3)24-15(23)22-8-4-5-11(9-22)18-14-19-12(10-6-7-10)13(17)20-21-14/h10-11H,4-9H2,1-3H3,(H,18,19,21). The van der Waals surface area contributed by atoms with Crippen LogP contribution in [0.25, 0.3) is 0 Å². The Morgan fingerprint density at radius 1 is 1.29 bits per heavy atom. The number of likely N-dealkylation sites (tertiary alicyclic amines) is 1. The van der Waals surface area contributed by atoms with Crippen molar-refractivity contribution in [2.24, 2.45) is 0 Å². The maximum Gasteiger partial charge on any atom is 0.410 e. The van der Waals surface area contributed by atoms with E-state index < -0.39 is 5.60 Å². The predicted octanol–water partition coefficient (Wildman–Crippen LogP) is 3.32. The molecule has 3 rings (SSSR count). The first-order chi connectivity index (χ1) is 11.3. The molecule has 2 fully saturated rings. The van der Waals surface area contributed by atoms with E-state index in [0.717, 1.165) is 42.5 Å². The molecule has 1 aromatic heterocycles. The van der Waals surface area contributed by atoms with Crippen molar-refractivity contribution >= 4 is 28.0 Å². The molecule has 0 radical (unpaired) electrons. The number of nitrogens with zero attached hydrogens (tertiary/aromatic N) is 4. The molecule has 0 aromatic carbocycles. The summed E-state index contributed by atoms with van der Waals surface area (Å²) in [6.45, 7) is 6.95. The summed E-state index contributed by atoms with van der Waals surface area (Å²) in [6, 6.07) is 0.112. The Morgan fingerprint density at radius 2 is 2.04 bits per heavy atom. The van der Waals surface area contributed by atoms with Crippen LogP contribution < -0.4 is 5.32 Å². The molecule has 132 valence electrons. The number of anilines is 1. The quantitative estimate of drug-likeness (QED) is 0.842. The number of carbonyl (C=O) groups is 1. The number of nitrogens with one attached hydrogen (secondary N) is 1. The summed E-state index contributed by atoms with van der Waals surface area (Å²) in [5.74, 6) is 1.04. The average Bonchev–Trinajstić information content (AvgIpc) is 3.32. The molecule has 1 atom stereocenters. The van der Waals surface area contributed by atoms with Gasteiger partial charge in [0.2, 0.25) is 5.95 Å². The highest BCUT2D eigenvalue weighted by molar-refractivity contribution is 9.10. The van der Waals surface area contributed by atoms with Gasteiger partial charge in [-0.3, -0.25) is 0 Å². The smallest absolute Gasteiger partial charge is 0.410 e. The fraction of sp³-hybridized carbons (Fsp3) is 0.750. The highest BCUT2D eigenvalue weighted by atomic mass is 79.9. The van der Waals surface area contributed by atoms with Crippen LogP contribution in [0, 0.1) is 0 Å². The lowest BCUT2D eigenvalue weighted by Crippen LogP contribution is -2.47. The van der Waals surface area contributed by atoms with E-state index in [2.05, 4.69) is 36.4 Å². The van der Waals surface area contributed by atoms with Crippen LogP contribution in [0.3, 0.4) is 0 Å². The van der Waals surface area contributed by atoms with Crippen LogP contribution in [0.15, 0.2) is 4.60 Å². The van der Waals surface area contributed by atoms with Gasteiger partial charge in [0, 0.05) is 25.0 Å². The highest BCUT2D eigenvalue weighted by Crippen LogP contribution is 2.41. The summed E-state index contributed by atoms with van der Waals surface area (Å²) < 4.78 is 6.19. The van der Waals surface area contributed by atoms with Gasteiger partial charge in [0.05, 0.1) is 5.69 Å². The number of hydrogen-bond donors (Lipinski definition) is 1. The van der Waals surface area contributed by atoms with Gasteiger partial charge in [-0.05, 0) is 62.4 Å². The first-order valence-electron chi connectivity index (χ1n) is 8.46. The summed E-state index contributed by atoms with van der Waals surface area (Å²) in [6.07, 6.45) is 3.95. The minimum atomic E-state index is -0.477. The zero-order valence-electron chi connectivity index (χ0n) is 14.4. The van der Waals surface area contributed by atoms with E-state index in [1.807, 2.05) is 20.8 Å². The minimum Gasteiger partial charge on any atom is -0.444 e. The lowest BCUT2D eigenvalue weighted by Gasteiger charge is -2.34. The Hall–Kier alpha value is -1.44. The van der Waals surface area contributed by atoms with Gasteiger partial charge in [0.1, 0.15) is 5.60 Å². The number of piperidine rings is 1. The second kappa shape index (κ2) is 6.82. The number of hydrogen-bond acceptors (Lipinski definition) is 6. The van der Waals surface area contributed by atoms with Crippen LogP contribution in [0.2, 0.25) is 0 Å². The highest BCUT2D eigenvalue weighted by Gasteiger charge is 2.30. The molecule has 8 heteroatoms. The molecule has 2 heterocycles. The van der Waals surface area contributed by atoms with Gasteiger partial charge in [-0.2, -0.15) is 0 Å². The van der Waals surface area contributed by atoms with Gasteiger partial charge in [-0.1, -0.05) is 0 Å². The minimum absolute atomic E-state index is 0.112.